The Morgan fingerprint density at radius 3 is 2.62 bits per heavy atom. The van der Waals surface area contributed by atoms with Gasteiger partial charge in [0.15, 0.2) is 0 Å². The van der Waals surface area contributed by atoms with E-state index < -0.39 is 0 Å². The Balaban J connectivity index is 1.36. The van der Waals surface area contributed by atoms with Crippen LogP contribution in [0.4, 0.5) is 0 Å². The molecule has 6 nitrogen and oxygen atoms in total. The van der Waals surface area contributed by atoms with E-state index in [4.69, 9.17) is 4.74 Å². The Hall–Kier alpha value is -2.44. The highest BCUT2D eigenvalue weighted by atomic mass is 16.5. The van der Waals surface area contributed by atoms with Gasteiger partial charge in [-0.05, 0) is 29.8 Å². The molecule has 24 heavy (non-hydrogen) atoms. The summed E-state index contributed by atoms with van der Waals surface area (Å²) < 4.78 is 9.68. The summed E-state index contributed by atoms with van der Waals surface area (Å²) in [6, 6.07) is 12.5. The van der Waals surface area contributed by atoms with Gasteiger partial charge < -0.3 is 4.74 Å². The van der Waals surface area contributed by atoms with Crippen LogP contribution < -0.4 is 0 Å². The molecule has 0 radical (unpaired) electrons. The van der Waals surface area contributed by atoms with Crippen LogP contribution >= 0.6 is 0 Å². The molecule has 1 unspecified atom stereocenters. The van der Waals surface area contributed by atoms with Crippen LogP contribution in [0.3, 0.4) is 0 Å². The lowest BCUT2D eigenvalue weighted by Gasteiger charge is -2.32. The van der Waals surface area contributed by atoms with Crippen molar-refractivity contribution in [2.24, 2.45) is 0 Å². The van der Waals surface area contributed by atoms with Gasteiger partial charge >= 0.3 is 0 Å². The van der Waals surface area contributed by atoms with Gasteiger partial charge in [0.25, 0.3) is 0 Å². The fourth-order valence-electron chi connectivity index (χ4n) is 3.09. The van der Waals surface area contributed by atoms with Gasteiger partial charge in [-0.3, -0.25) is 9.58 Å². The number of ether oxygens (including phenoxy) is 1. The first-order chi connectivity index (χ1) is 11.9. The van der Waals surface area contributed by atoms with Crippen molar-refractivity contribution in [3.8, 4) is 5.69 Å². The zero-order chi connectivity index (χ0) is 16.2. The van der Waals surface area contributed by atoms with E-state index in [1.54, 1.807) is 6.20 Å². The number of benzene rings is 1. The summed E-state index contributed by atoms with van der Waals surface area (Å²) in [4.78, 5) is 2.45. The molecule has 1 saturated heterocycles. The van der Waals surface area contributed by atoms with Gasteiger partial charge in [0.2, 0.25) is 0 Å². The molecule has 0 aliphatic carbocycles. The molecule has 0 spiro atoms. The first kappa shape index (κ1) is 15.1. The number of rotatable bonds is 5. The van der Waals surface area contributed by atoms with E-state index in [9.17, 15) is 0 Å². The number of aromatic nitrogens is 4. The van der Waals surface area contributed by atoms with Gasteiger partial charge in [0, 0.05) is 44.4 Å². The van der Waals surface area contributed by atoms with E-state index in [2.05, 4.69) is 39.4 Å². The maximum absolute atomic E-state index is 5.87. The van der Waals surface area contributed by atoms with Gasteiger partial charge in [-0.25, -0.2) is 4.68 Å². The predicted octanol–water partition coefficient (Wildman–Crippen LogP) is 1.97. The van der Waals surface area contributed by atoms with Crippen molar-refractivity contribution in [2.45, 2.75) is 19.2 Å². The highest BCUT2D eigenvalue weighted by molar-refractivity contribution is 5.33. The molecule has 2 aromatic heterocycles. The first-order valence-electron chi connectivity index (χ1n) is 8.27. The van der Waals surface area contributed by atoms with Crippen LogP contribution in [0.2, 0.25) is 0 Å². The molecule has 3 aromatic rings. The average Bonchev–Trinajstić information content (AvgIpc) is 3.29. The summed E-state index contributed by atoms with van der Waals surface area (Å²) >= 11 is 0. The third-order valence-corrected chi connectivity index (χ3v) is 4.28. The largest absolute Gasteiger partial charge is 0.374 e. The minimum absolute atomic E-state index is 0.196. The smallest absolute Gasteiger partial charge is 0.0898 e. The third-order valence-electron chi connectivity index (χ3n) is 4.28. The van der Waals surface area contributed by atoms with Crippen molar-refractivity contribution in [1.82, 2.24) is 24.5 Å². The van der Waals surface area contributed by atoms with Crippen LogP contribution in [-0.4, -0.2) is 50.3 Å². The second-order valence-electron chi connectivity index (χ2n) is 6.07. The third kappa shape index (κ3) is 3.55. The molecule has 6 heteroatoms. The Morgan fingerprint density at radius 2 is 1.88 bits per heavy atom. The summed E-state index contributed by atoms with van der Waals surface area (Å²) in [7, 11) is 0. The zero-order valence-corrected chi connectivity index (χ0v) is 13.5. The fraction of sp³-hybridized carbons (Fsp3) is 0.333. The number of hydrogen-bond donors (Lipinski definition) is 0. The topological polar surface area (TPSA) is 48.1 Å². The molecular weight excluding hydrogens is 302 g/mol. The minimum Gasteiger partial charge on any atom is -0.374 e. The fourth-order valence-corrected chi connectivity index (χ4v) is 3.09. The standard InChI is InChI=1S/C18H21N5O/c1-7-19-22(9-1)15-18-14-21(11-12-24-18)13-16-3-5-17(6-4-16)23-10-2-8-20-23/h1-10,18H,11-15H2. The maximum atomic E-state index is 5.87. The van der Waals surface area contributed by atoms with Crippen molar-refractivity contribution < 1.29 is 4.74 Å². The van der Waals surface area contributed by atoms with Crippen LogP contribution in [0, 0.1) is 0 Å². The molecule has 1 atom stereocenters. The Kier molecular flexibility index (Phi) is 4.40. The van der Waals surface area contributed by atoms with Crippen molar-refractivity contribution >= 4 is 0 Å². The van der Waals surface area contributed by atoms with Gasteiger partial charge in [0.05, 0.1) is 24.9 Å². The summed E-state index contributed by atoms with van der Waals surface area (Å²) in [5.41, 5.74) is 2.40. The van der Waals surface area contributed by atoms with Gasteiger partial charge in [-0.1, -0.05) is 12.1 Å². The van der Waals surface area contributed by atoms with E-state index in [0.29, 0.717) is 0 Å². The van der Waals surface area contributed by atoms with Gasteiger partial charge in [-0.2, -0.15) is 10.2 Å². The maximum Gasteiger partial charge on any atom is 0.0898 e. The van der Waals surface area contributed by atoms with Crippen molar-refractivity contribution in [3.63, 3.8) is 0 Å². The summed E-state index contributed by atoms with van der Waals surface area (Å²) in [6.45, 7) is 4.43. The molecular formula is C18H21N5O. The normalized spacial score (nSPS) is 18.8. The van der Waals surface area contributed by atoms with Gasteiger partial charge in [-0.15, -0.1) is 0 Å². The summed E-state index contributed by atoms with van der Waals surface area (Å²) in [5, 5.41) is 8.52. The lowest BCUT2D eigenvalue weighted by molar-refractivity contribution is -0.0402. The van der Waals surface area contributed by atoms with E-state index in [0.717, 1.165) is 38.5 Å². The number of nitrogens with zero attached hydrogens (tertiary/aromatic N) is 5. The predicted molar refractivity (Wildman–Crippen MR) is 90.8 cm³/mol. The number of hydrogen-bond acceptors (Lipinski definition) is 4. The molecule has 0 saturated carbocycles. The lowest BCUT2D eigenvalue weighted by atomic mass is 10.1. The molecule has 0 N–H and O–H groups in total. The van der Waals surface area contributed by atoms with Crippen molar-refractivity contribution in [1.29, 1.82) is 0 Å². The molecule has 1 aliphatic heterocycles. The molecule has 1 aliphatic rings. The van der Waals surface area contributed by atoms with Crippen LogP contribution in [-0.2, 0) is 17.8 Å². The average molecular weight is 323 g/mol. The molecule has 1 fully saturated rings. The Labute approximate surface area is 141 Å². The Morgan fingerprint density at radius 1 is 1.04 bits per heavy atom. The molecule has 4 rings (SSSR count). The lowest BCUT2D eigenvalue weighted by Crippen LogP contribution is -2.43. The molecule has 3 heterocycles. The summed E-state index contributed by atoms with van der Waals surface area (Å²) in [5.74, 6) is 0. The second-order valence-corrected chi connectivity index (χ2v) is 6.07. The van der Waals surface area contributed by atoms with Crippen LogP contribution in [0.15, 0.2) is 61.2 Å². The summed E-state index contributed by atoms with van der Waals surface area (Å²) in [6.07, 6.45) is 7.73. The highest BCUT2D eigenvalue weighted by Gasteiger charge is 2.21. The quantitative estimate of drug-likeness (QED) is 0.720. The SMILES string of the molecule is c1cnn(CC2CN(Cc3ccc(-n4cccn4)cc3)CCO2)c1. The highest BCUT2D eigenvalue weighted by Crippen LogP contribution is 2.14. The van der Waals surface area contributed by atoms with E-state index in [-0.39, 0.29) is 6.10 Å². The molecule has 0 amide bonds. The molecule has 0 bridgehead atoms. The first-order valence-corrected chi connectivity index (χ1v) is 8.27. The van der Waals surface area contributed by atoms with Crippen molar-refractivity contribution in [2.75, 3.05) is 19.7 Å². The monoisotopic (exact) mass is 323 g/mol. The van der Waals surface area contributed by atoms with E-state index >= 15 is 0 Å². The van der Waals surface area contributed by atoms with Crippen molar-refractivity contribution in [3.05, 3.63) is 66.7 Å². The van der Waals surface area contributed by atoms with Crippen LogP contribution in [0.5, 0.6) is 0 Å². The minimum atomic E-state index is 0.196. The van der Waals surface area contributed by atoms with Gasteiger partial charge in [0.1, 0.15) is 0 Å². The van der Waals surface area contributed by atoms with Crippen LogP contribution in [0.1, 0.15) is 5.56 Å². The second kappa shape index (κ2) is 6.98. The number of morpholine rings is 1. The molecule has 124 valence electrons. The Bertz CT molecular complexity index is 736. The molecule has 1 aromatic carbocycles. The van der Waals surface area contributed by atoms with E-state index in [1.165, 1.54) is 5.56 Å². The van der Waals surface area contributed by atoms with E-state index in [1.807, 2.05) is 40.1 Å². The zero-order valence-electron chi connectivity index (χ0n) is 13.5. The van der Waals surface area contributed by atoms with Crippen LogP contribution in [0.25, 0.3) is 5.69 Å².